The molecular formula is C24H20N2O5. The number of nitrogens with zero attached hydrogens (tertiary/aromatic N) is 2. The maximum Gasteiger partial charge on any atom is 0.269 e. The van der Waals surface area contributed by atoms with E-state index in [2.05, 4.69) is 0 Å². The molecule has 0 spiro atoms. The topological polar surface area (TPSA) is 81.9 Å². The third-order valence-electron chi connectivity index (χ3n) is 5.11. The summed E-state index contributed by atoms with van der Waals surface area (Å²) in [5.41, 5.74) is 2.38. The van der Waals surface area contributed by atoms with Crippen LogP contribution in [0, 0.1) is 10.1 Å². The van der Waals surface area contributed by atoms with Crippen LogP contribution >= 0.6 is 0 Å². The molecule has 0 N–H and O–H groups in total. The summed E-state index contributed by atoms with van der Waals surface area (Å²) in [6.45, 7) is 1.77. The molecule has 0 aromatic heterocycles. The molecule has 1 aliphatic rings. The predicted molar refractivity (Wildman–Crippen MR) is 116 cm³/mol. The number of nitro benzene ring substituents is 1. The van der Waals surface area contributed by atoms with Gasteiger partial charge in [0.15, 0.2) is 0 Å². The molecule has 31 heavy (non-hydrogen) atoms. The van der Waals surface area contributed by atoms with Crippen LogP contribution in [0.15, 0.2) is 84.6 Å². The number of carbonyl (C=O) groups is 1. The Morgan fingerprint density at radius 3 is 2.19 bits per heavy atom. The molecule has 1 aliphatic heterocycles. The molecule has 7 heteroatoms. The van der Waals surface area contributed by atoms with Crippen molar-refractivity contribution in [2.24, 2.45) is 0 Å². The van der Waals surface area contributed by atoms with E-state index in [0.29, 0.717) is 22.8 Å². The Bertz CT molecular complexity index is 1140. The summed E-state index contributed by atoms with van der Waals surface area (Å²) >= 11 is 0. The lowest BCUT2D eigenvalue weighted by atomic mass is 10.00. The number of carbonyl (C=O) groups excluding carboxylic acids is 1. The quantitative estimate of drug-likeness (QED) is 0.427. The van der Waals surface area contributed by atoms with E-state index in [1.807, 2.05) is 42.5 Å². The molecule has 0 saturated carbocycles. The Balaban J connectivity index is 1.82. The maximum atomic E-state index is 13.7. The Morgan fingerprint density at radius 2 is 1.61 bits per heavy atom. The van der Waals surface area contributed by atoms with Gasteiger partial charge in [0, 0.05) is 23.4 Å². The average molecular weight is 416 g/mol. The van der Waals surface area contributed by atoms with E-state index in [9.17, 15) is 14.9 Å². The van der Waals surface area contributed by atoms with Gasteiger partial charge >= 0.3 is 0 Å². The van der Waals surface area contributed by atoms with Crippen molar-refractivity contribution in [2.75, 3.05) is 12.0 Å². The fourth-order valence-corrected chi connectivity index (χ4v) is 3.56. The standard InChI is InChI=1S/C24H20N2O5/c1-16-22(17-6-4-3-5-7-17)23(27)25(19-10-12-20(13-11-19)26(28)29)24(31-16)18-8-14-21(30-2)15-9-18/h3-15,24H,1-2H3/t24-/m1/s1. The zero-order valence-corrected chi connectivity index (χ0v) is 17.0. The van der Waals surface area contributed by atoms with Crippen LogP contribution < -0.4 is 9.64 Å². The van der Waals surface area contributed by atoms with Crippen molar-refractivity contribution < 1.29 is 19.2 Å². The average Bonchev–Trinajstić information content (AvgIpc) is 2.79. The molecular weight excluding hydrogens is 396 g/mol. The SMILES string of the molecule is COc1ccc([C@H]2OC(C)=C(c3ccccc3)C(=O)N2c2ccc([N+](=O)[O-])cc2)cc1. The number of hydrogen-bond donors (Lipinski definition) is 0. The first-order chi connectivity index (χ1) is 15.0. The number of anilines is 1. The van der Waals surface area contributed by atoms with Gasteiger partial charge in [-0.15, -0.1) is 0 Å². The molecule has 1 amide bonds. The molecule has 3 aromatic rings. The smallest absolute Gasteiger partial charge is 0.269 e. The van der Waals surface area contributed by atoms with Gasteiger partial charge in [0.1, 0.15) is 11.5 Å². The van der Waals surface area contributed by atoms with Crippen molar-refractivity contribution in [3.63, 3.8) is 0 Å². The van der Waals surface area contributed by atoms with Gasteiger partial charge in [-0.05, 0) is 48.9 Å². The monoisotopic (exact) mass is 416 g/mol. The van der Waals surface area contributed by atoms with Gasteiger partial charge in [-0.25, -0.2) is 0 Å². The summed E-state index contributed by atoms with van der Waals surface area (Å²) in [5.74, 6) is 0.949. The van der Waals surface area contributed by atoms with Gasteiger partial charge < -0.3 is 9.47 Å². The molecule has 0 bridgehead atoms. The number of amides is 1. The Morgan fingerprint density at radius 1 is 0.968 bits per heavy atom. The van der Waals surface area contributed by atoms with E-state index >= 15 is 0 Å². The number of rotatable bonds is 5. The second-order valence-corrected chi connectivity index (χ2v) is 6.99. The van der Waals surface area contributed by atoms with Crippen LogP contribution in [0.3, 0.4) is 0 Å². The van der Waals surface area contributed by atoms with Gasteiger partial charge in [0.25, 0.3) is 11.6 Å². The van der Waals surface area contributed by atoms with Crippen molar-refractivity contribution in [1.82, 2.24) is 0 Å². The van der Waals surface area contributed by atoms with Gasteiger partial charge in [-0.1, -0.05) is 30.3 Å². The van der Waals surface area contributed by atoms with Crippen LogP contribution in [-0.2, 0) is 9.53 Å². The molecule has 0 unspecified atom stereocenters. The summed E-state index contributed by atoms with van der Waals surface area (Å²) in [6.07, 6.45) is -0.729. The van der Waals surface area contributed by atoms with E-state index in [1.165, 1.54) is 17.0 Å². The molecule has 7 nitrogen and oxygen atoms in total. The van der Waals surface area contributed by atoms with Crippen LogP contribution in [0.2, 0.25) is 0 Å². The predicted octanol–water partition coefficient (Wildman–Crippen LogP) is 5.10. The normalized spacial score (nSPS) is 16.1. The van der Waals surface area contributed by atoms with Crippen molar-refractivity contribution in [3.8, 4) is 5.75 Å². The second-order valence-electron chi connectivity index (χ2n) is 6.99. The zero-order chi connectivity index (χ0) is 22.0. The van der Waals surface area contributed by atoms with Gasteiger partial charge in [0.2, 0.25) is 6.23 Å². The van der Waals surface area contributed by atoms with E-state index in [4.69, 9.17) is 9.47 Å². The number of ether oxygens (including phenoxy) is 2. The molecule has 0 radical (unpaired) electrons. The number of non-ortho nitro benzene ring substituents is 1. The largest absolute Gasteiger partial charge is 0.497 e. The fourth-order valence-electron chi connectivity index (χ4n) is 3.56. The van der Waals surface area contributed by atoms with E-state index < -0.39 is 11.2 Å². The van der Waals surface area contributed by atoms with E-state index in [1.54, 1.807) is 38.3 Å². The summed E-state index contributed by atoms with van der Waals surface area (Å²) in [4.78, 5) is 25.8. The van der Waals surface area contributed by atoms with Crippen molar-refractivity contribution in [2.45, 2.75) is 13.2 Å². The number of allylic oxidation sites excluding steroid dienone is 1. The lowest BCUT2D eigenvalue weighted by molar-refractivity contribution is -0.384. The molecule has 156 valence electrons. The van der Waals surface area contributed by atoms with E-state index in [0.717, 1.165) is 11.1 Å². The summed E-state index contributed by atoms with van der Waals surface area (Å²) in [6, 6.07) is 22.4. The number of hydrogen-bond acceptors (Lipinski definition) is 5. The Hall–Kier alpha value is -4.13. The molecule has 3 aromatic carbocycles. The fraction of sp³-hybridized carbons (Fsp3) is 0.125. The highest BCUT2D eigenvalue weighted by atomic mass is 16.6. The molecule has 0 fully saturated rings. The minimum absolute atomic E-state index is 0.0508. The lowest BCUT2D eigenvalue weighted by Crippen LogP contribution is -2.40. The summed E-state index contributed by atoms with van der Waals surface area (Å²) in [5, 5.41) is 11.1. The van der Waals surface area contributed by atoms with E-state index in [-0.39, 0.29) is 11.6 Å². The third kappa shape index (κ3) is 3.85. The third-order valence-corrected chi connectivity index (χ3v) is 5.11. The molecule has 0 aliphatic carbocycles. The Labute approximate surface area is 179 Å². The van der Waals surface area contributed by atoms with Crippen LogP contribution in [0.5, 0.6) is 5.75 Å². The minimum Gasteiger partial charge on any atom is -0.497 e. The van der Waals surface area contributed by atoms with Crippen LogP contribution in [0.4, 0.5) is 11.4 Å². The highest BCUT2D eigenvalue weighted by molar-refractivity contribution is 6.27. The summed E-state index contributed by atoms with van der Waals surface area (Å²) in [7, 11) is 1.58. The van der Waals surface area contributed by atoms with Gasteiger partial charge in [-0.3, -0.25) is 19.8 Å². The Kier molecular flexibility index (Phi) is 5.41. The first kappa shape index (κ1) is 20.2. The first-order valence-electron chi connectivity index (χ1n) is 9.64. The number of nitro groups is 1. The van der Waals surface area contributed by atoms with Crippen molar-refractivity contribution >= 4 is 22.9 Å². The number of benzene rings is 3. The highest BCUT2D eigenvalue weighted by Gasteiger charge is 2.37. The lowest BCUT2D eigenvalue weighted by Gasteiger charge is -2.37. The molecule has 1 atom stereocenters. The van der Waals surface area contributed by atoms with Crippen LogP contribution in [0.25, 0.3) is 5.57 Å². The molecule has 1 heterocycles. The maximum absolute atomic E-state index is 13.7. The summed E-state index contributed by atoms with van der Waals surface area (Å²) < 4.78 is 11.5. The van der Waals surface area contributed by atoms with Gasteiger partial charge in [0.05, 0.1) is 17.6 Å². The van der Waals surface area contributed by atoms with Crippen LogP contribution in [-0.4, -0.2) is 17.9 Å². The molecule has 0 saturated heterocycles. The molecule has 4 rings (SSSR count). The zero-order valence-electron chi connectivity index (χ0n) is 17.0. The van der Waals surface area contributed by atoms with Crippen molar-refractivity contribution in [3.05, 3.63) is 106 Å². The van der Waals surface area contributed by atoms with Gasteiger partial charge in [-0.2, -0.15) is 0 Å². The number of methoxy groups -OCH3 is 1. The highest BCUT2D eigenvalue weighted by Crippen LogP contribution is 2.40. The van der Waals surface area contributed by atoms with Crippen molar-refractivity contribution in [1.29, 1.82) is 0 Å². The van der Waals surface area contributed by atoms with Crippen LogP contribution in [0.1, 0.15) is 24.3 Å². The second kappa shape index (κ2) is 8.31. The first-order valence-corrected chi connectivity index (χ1v) is 9.64. The minimum atomic E-state index is -0.729.